The van der Waals surface area contributed by atoms with Crippen LogP contribution in [0.15, 0.2) is 12.1 Å². The van der Waals surface area contributed by atoms with Crippen LogP contribution < -0.4 is 0 Å². The van der Waals surface area contributed by atoms with Gasteiger partial charge >= 0.3 is 0 Å². The van der Waals surface area contributed by atoms with Gasteiger partial charge in [-0.05, 0) is 44.9 Å². The van der Waals surface area contributed by atoms with Crippen LogP contribution in [0.5, 0.6) is 0 Å². The molecule has 0 spiro atoms. The van der Waals surface area contributed by atoms with Crippen LogP contribution in [-0.2, 0) is 6.42 Å². The van der Waals surface area contributed by atoms with Crippen molar-refractivity contribution < 1.29 is 0 Å². The number of nitrogens with zero attached hydrogens (tertiary/aromatic N) is 2. The molecule has 2 rings (SSSR count). The van der Waals surface area contributed by atoms with Crippen molar-refractivity contribution in [1.82, 2.24) is 9.38 Å². The zero-order valence-electron chi connectivity index (χ0n) is 9.26. The molecule has 2 nitrogen and oxygen atoms in total. The number of hydrogen-bond donors (Lipinski definition) is 0. The van der Waals surface area contributed by atoms with Crippen LogP contribution in [0.2, 0.25) is 0 Å². The molecule has 0 aliphatic rings. The highest BCUT2D eigenvalue weighted by molar-refractivity contribution is 5.47. The number of aryl methyl sites for hydroxylation is 4. The third kappa shape index (κ3) is 1.22. The van der Waals surface area contributed by atoms with Gasteiger partial charge in [0.25, 0.3) is 0 Å². The van der Waals surface area contributed by atoms with Gasteiger partial charge in [0.05, 0.1) is 5.69 Å². The maximum absolute atomic E-state index is 4.57. The molecule has 0 fully saturated rings. The SMILES string of the molecule is CCc1c(C)nc2cc(C)cc(C)n12. The van der Waals surface area contributed by atoms with Crippen LogP contribution in [0.25, 0.3) is 5.65 Å². The molecule has 74 valence electrons. The second-order valence-electron chi connectivity index (χ2n) is 3.87. The van der Waals surface area contributed by atoms with Gasteiger partial charge < -0.3 is 4.40 Å². The van der Waals surface area contributed by atoms with Gasteiger partial charge in [-0.2, -0.15) is 0 Å². The standard InChI is InChI=1S/C12H16N2/c1-5-11-10(4)13-12-7-8(2)6-9(3)14(11)12/h6-7H,5H2,1-4H3. The van der Waals surface area contributed by atoms with E-state index in [0.717, 1.165) is 17.8 Å². The van der Waals surface area contributed by atoms with E-state index in [1.165, 1.54) is 17.0 Å². The van der Waals surface area contributed by atoms with Crippen molar-refractivity contribution in [3.8, 4) is 0 Å². The summed E-state index contributed by atoms with van der Waals surface area (Å²) in [7, 11) is 0. The van der Waals surface area contributed by atoms with Crippen molar-refractivity contribution in [1.29, 1.82) is 0 Å². The molecule has 0 aromatic carbocycles. The van der Waals surface area contributed by atoms with Gasteiger partial charge in [-0.15, -0.1) is 0 Å². The van der Waals surface area contributed by atoms with E-state index in [0.29, 0.717) is 0 Å². The molecule has 2 aromatic heterocycles. The molecule has 0 N–H and O–H groups in total. The largest absolute Gasteiger partial charge is 0.301 e. The highest BCUT2D eigenvalue weighted by atomic mass is 15.0. The Morgan fingerprint density at radius 1 is 1.21 bits per heavy atom. The maximum Gasteiger partial charge on any atom is 0.137 e. The number of pyridine rings is 1. The Labute approximate surface area is 84.6 Å². The van der Waals surface area contributed by atoms with Crippen molar-refractivity contribution in [2.45, 2.75) is 34.1 Å². The predicted molar refractivity (Wildman–Crippen MR) is 58.8 cm³/mol. The fourth-order valence-corrected chi connectivity index (χ4v) is 2.13. The Kier molecular flexibility index (Phi) is 2.06. The molecule has 0 radical (unpaired) electrons. The first kappa shape index (κ1) is 9.25. The third-order valence-electron chi connectivity index (χ3n) is 2.68. The maximum atomic E-state index is 4.57. The van der Waals surface area contributed by atoms with Gasteiger partial charge in [0.2, 0.25) is 0 Å². The lowest BCUT2D eigenvalue weighted by molar-refractivity contribution is 0.944. The first-order valence-electron chi connectivity index (χ1n) is 5.08. The van der Waals surface area contributed by atoms with Gasteiger partial charge in [-0.25, -0.2) is 4.98 Å². The zero-order valence-corrected chi connectivity index (χ0v) is 9.26. The lowest BCUT2D eigenvalue weighted by Crippen LogP contribution is -1.97. The Hall–Kier alpha value is -1.31. The fourth-order valence-electron chi connectivity index (χ4n) is 2.13. The number of rotatable bonds is 1. The summed E-state index contributed by atoms with van der Waals surface area (Å²) in [5, 5.41) is 0. The fraction of sp³-hybridized carbons (Fsp3) is 0.417. The van der Waals surface area contributed by atoms with Crippen LogP contribution in [0, 0.1) is 20.8 Å². The summed E-state index contributed by atoms with van der Waals surface area (Å²) in [6.07, 6.45) is 1.04. The lowest BCUT2D eigenvalue weighted by Gasteiger charge is -2.05. The molecule has 0 aliphatic heterocycles. The molecule has 0 atom stereocenters. The van der Waals surface area contributed by atoms with E-state index in [1.54, 1.807) is 0 Å². The number of hydrogen-bond acceptors (Lipinski definition) is 1. The molecule has 2 heteroatoms. The minimum absolute atomic E-state index is 1.04. The molecule has 0 unspecified atom stereocenters. The Morgan fingerprint density at radius 2 is 1.93 bits per heavy atom. The van der Waals surface area contributed by atoms with Crippen molar-refractivity contribution in [2.75, 3.05) is 0 Å². The normalized spacial score (nSPS) is 11.1. The Bertz CT molecular complexity index is 481. The average Bonchev–Trinajstić information content (AvgIpc) is 2.40. The van der Waals surface area contributed by atoms with Crippen LogP contribution in [-0.4, -0.2) is 9.38 Å². The Morgan fingerprint density at radius 3 is 2.57 bits per heavy atom. The molecule has 0 amide bonds. The summed E-state index contributed by atoms with van der Waals surface area (Å²) in [5.41, 5.74) is 6.12. The van der Waals surface area contributed by atoms with Crippen molar-refractivity contribution in [3.63, 3.8) is 0 Å². The van der Waals surface area contributed by atoms with Gasteiger partial charge in [0, 0.05) is 11.4 Å². The van der Waals surface area contributed by atoms with Gasteiger partial charge in [-0.1, -0.05) is 6.92 Å². The number of imidazole rings is 1. The molecular formula is C12H16N2. The number of fused-ring (bicyclic) bond motifs is 1. The summed E-state index contributed by atoms with van der Waals surface area (Å²) < 4.78 is 2.25. The van der Waals surface area contributed by atoms with Crippen molar-refractivity contribution >= 4 is 5.65 Å². The van der Waals surface area contributed by atoms with Crippen LogP contribution in [0.4, 0.5) is 0 Å². The quantitative estimate of drug-likeness (QED) is 0.672. The van der Waals surface area contributed by atoms with Gasteiger partial charge in [0.1, 0.15) is 5.65 Å². The molecule has 2 aromatic rings. The molecule has 2 heterocycles. The Balaban J connectivity index is 2.88. The molecular weight excluding hydrogens is 172 g/mol. The summed E-state index contributed by atoms with van der Waals surface area (Å²) in [6, 6.07) is 4.34. The zero-order chi connectivity index (χ0) is 10.3. The van der Waals surface area contributed by atoms with Crippen LogP contribution in [0.3, 0.4) is 0 Å². The lowest BCUT2D eigenvalue weighted by atomic mass is 10.2. The highest BCUT2D eigenvalue weighted by Gasteiger charge is 2.08. The summed E-state index contributed by atoms with van der Waals surface area (Å²) in [4.78, 5) is 4.57. The molecule has 0 saturated heterocycles. The van der Waals surface area contributed by atoms with Crippen LogP contribution in [0.1, 0.15) is 29.6 Å². The van der Waals surface area contributed by atoms with E-state index in [4.69, 9.17) is 0 Å². The van der Waals surface area contributed by atoms with E-state index in [9.17, 15) is 0 Å². The number of aromatic nitrogens is 2. The smallest absolute Gasteiger partial charge is 0.137 e. The van der Waals surface area contributed by atoms with Crippen molar-refractivity contribution in [3.05, 3.63) is 34.8 Å². The molecule has 14 heavy (non-hydrogen) atoms. The third-order valence-corrected chi connectivity index (χ3v) is 2.68. The van der Waals surface area contributed by atoms with Gasteiger partial charge in [-0.3, -0.25) is 0 Å². The van der Waals surface area contributed by atoms with E-state index < -0.39 is 0 Å². The first-order valence-corrected chi connectivity index (χ1v) is 5.08. The van der Waals surface area contributed by atoms with Crippen molar-refractivity contribution in [2.24, 2.45) is 0 Å². The first-order chi connectivity index (χ1) is 6.63. The van der Waals surface area contributed by atoms with E-state index in [2.05, 4.69) is 49.2 Å². The molecule has 0 aliphatic carbocycles. The van der Waals surface area contributed by atoms with E-state index in [1.807, 2.05) is 0 Å². The van der Waals surface area contributed by atoms with Crippen LogP contribution >= 0.6 is 0 Å². The highest BCUT2D eigenvalue weighted by Crippen LogP contribution is 2.16. The summed E-state index contributed by atoms with van der Waals surface area (Å²) >= 11 is 0. The average molecular weight is 188 g/mol. The monoisotopic (exact) mass is 188 g/mol. The summed E-state index contributed by atoms with van der Waals surface area (Å²) in [6.45, 7) is 8.51. The van der Waals surface area contributed by atoms with E-state index in [-0.39, 0.29) is 0 Å². The topological polar surface area (TPSA) is 17.3 Å². The van der Waals surface area contributed by atoms with E-state index >= 15 is 0 Å². The molecule has 0 bridgehead atoms. The predicted octanol–water partition coefficient (Wildman–Crippen LogP) is 2.82. The second-order valence-corrected chi connectivity index (χ2v) is 3.87. The minimum atomic E-state index is 1.04. The summed E-state index contributed by atoms with van der Waals surface area (Å²) in [5.74, 6) is 0. The second kappa shape index (κ2) is 3.12. The minimum Gasteiger partial charge on any atom is -0.301 e. The molecule has 0 saturated carbocycles. The van der Waals surface area contributed by atoms with Gasteiger partial charge in [0.15, 0.2) is 0 Å².